The highest BCUT2D eigenvalue weighted by molar-refractivity contribution is 5.72. The van der Waals surface area contributed by atoms with E-state index in [1.807, 2.05) is 26.2 Å². The fourth-order valence-corrected chi connectivity index (χ4v) is 3.27. The number of ether oxygens (including phenoxy) is 1. The molecule has 1 aliphatic rings. The fourth-order valence-electron chi connectivity index (χ4n) is 3.27. The Hall–Kier alpha value is -2.14. The maximum absolute atomic E-state index is 5.68. The summed E-state index contributed by atoms with van der Waals surface area (Å²) in [6, 6.07) is 6.31. The van der Waals surface area contributed by atoms with Crippen molar-refractivity contribution >= 4 is 17.2 Å². The normalized spacial score (nSPS) is 20.2. The number of aryl methyl sites for hydroxylation is 2. The van der Waals surface area contributed by atoms with E-state index in [1.165, 1.54) is 5.56 Å². The Kier molecular flexibility index (Phi) is 4.71. The van der Waals surface area contributed by atoms with E-state index in [4.69, 9.17) is 9.72 Å². The van der Waals surface area contributed by atoms with Crippen molar-refractivity contribution in [3.63, 3.8) is 0 Å². The van der Waals surface area contributed by atoms with Gasteiger partial charge in [0.1, 0.15) is 5.82 Å². The van der Waals surface area contributed by atoms with E-state index in [0.717, 1.165) is 54.6 Å². The summed E-state index contributed by atoms with van der Waals surface area (Å²) in [5.41, 5.74) is 5.30. The smallest absolute Gasteiger partial charge is 0.130 e. The van der Waals surface area contributed by atoms with Crippen LogP contribution in [0.4, 0.5) is 17.2 Å². The second-order valence-electron chi connectivity index (χ2n) is 6.60. The minimum atomic E-state index is 0.0441. The summed E-state index contributed by atoms with van der Waals surface area (Å²) < 4.78 is 5.68. The zero-order valence-electron chi connectivity index (χ0n) is 14.9. The number of pyridine rings is 2. The molecule has 1 atom stereocenters. The van der Waals surface area contributed by atoms with Crippen molar-refractivity contribution in [2.75, 3.05) is 30.9 Å². The summed E-state index contributed by atoms with van der Waals surface area (Å²) in [4.78, 5) is 9.25. The first-order valence-electron chi connectivity index (χ1n) is 8.54. The van der Waals surface area contributed by atoms with Crippen molar-refractivity contribution in [2.45, 2.75) is 39.0 Å². The van der Waals surface area contributed by atoms with Crippen LogP contribution in [-0.4, -0.2) is 30.2 Å². The largest absolute Gasteiger partial charge is 0.385 e. The molecular formula is C19H26N4O. The topological polar surface area (TPSA) is 59.1 Å². The third-order valence-corrected chi connectivity index (χ3v) is 4.87. The highest BCUT2D eigenvalue weighted by Crippen LogP contribution is 2.36. The summed E-state index contributed by atoms with van der Waals surface area (Å²) in [5.74, 6) is 0.867. The predicted molar refractivity (Wildman–Crippen MR) is 98.2 cm³/mol. The minimum absolute atomic E-state index is 0.0441. The number of nitrogens with zero attached hydrogens (tertiary/aromatic N) is 2. The Morgan fingerprint density at radius 1 is 1.21 bits per heavy atom. The lowest BCUT2D eigenvalue weighted by Gasteiger charge is -2.26. The molecule has 3 heterocycles. The van der Waals surface area contributed by atoms with E-state index >= 15 is 0 Å². The maximum Gasteiger partial charge on any atom is 0.130 e. The van der Waals surface area contributed by atoms with Gasteiger partial charge in [-0.1, -0.05) is 6.92 Å². The minimum Gasteiger partial charge on any atom is -0.385 e. The molecule has 1 unspecified atom stereocenters. The molecule has 0 aromatic carbocycles. The molecule has 1 fully saturated rings. The van der Waals surface area contributed by atoms with Crippen LogP contribution < -0.4 is 10.6 Å². The second kappa shape index (κ2) is 6.77. The number of rotatable bonds is 5. The monoisotopic (exact) mass is 326 g/mol. The van der Waals surface area contributed by atoms with Crippen LogP contribution in [0.25, 0.3) is 0 Å². The van der Waals surface area contributed by atoms with Crippen LogP contribution in [0.3, 0.4) is 0 Å². The van der Waals surface area contributed by atoms with Gasteiger partial charge >= 0.3 is 0 Å². The highest BCUT2D eigenvalue weighted by atomic mass is 16.5. The molecule has 1 saturated heterocycles. The number of hydrogen-bond donors (Lipinski definition) is 2. The van der Waals surface area contributed by atoms with Gasteiger partial charge in [0.05, 0.1) is 29.9 Å². The van der Waals surface area contributed by atoms with Crippen LogP contribution >= 0.6 is 0 Å². The summed E-state index contributed by atoms with van der Waals surface area (Å²) >= 11 is 0. The first kappa shape index (κ1) is 16.7. The van der Waals surface area contributed by atoms with Crippen LogP contribution in [-0.2, 0) is 10.2 Å². The average molecular weight is 326 g/mol. The maximum atomic E-state index is 5.68. The van der Waals surface area contributed by atoms with Gasteiger partial charge in [-0.05, 0) is 50.5 Å². The molecule has 0 bridgehead atoms. The van der Waals surface area contributed by atoms with Gasteiger partial charge in [0.25, 0.3) is 0 Å². The van der Waals surface area contributed by atoms with E-state index < -0.39 is 0 Å². The molecule has 2 N–H and O–H groups in total. The van der Waals surface area contributed by atoms with E-state index in [2.05, 4.69) is 41.6 Å². The van der Waals surface area contributed by atoms with Crippen LogP contribution in [0.5, 0.6) is 0 Å². The molecule has 0 saturated carbocycles. The molecule has 0 radical (unpaired) electrons. The Balaban J connectivity index is 1.96. The molecule has 0 amide bonds. The lowest BCUT2D eigenvalue weighted by atomic mass is 9.80. The van der Waals surface area contributed by atoms with Gasteiger partial charge in [-0.25, -0.2) is 4.98 Å². The standard InChI is InChI=1S/C19H26N4O/c1-5-19(6-7-24-12-19)17-8-13(2)9-18(23-17)22-15-10-14(3)21-11-16(15)20-4/h8-11,20H,5-7,12H2,1-4H3,(H,21,22,23). The molecule has 5 heteroatoms. The molecule has 2 aromatic heterocycles. The summed E-state index contributed by atoms with van der Waals surface area (Å²) in [5, 5.41) is 6.63. The van der Waals surface area contributed by atoms with Gasteiger partial charge in [0, 0.05) is 24.8 Å². The molecule has 0 aliphatic carbocycles. The van der Waals surface area contributed by atoms with Gasteiger partial charge in [0.2, 0.25) is 0 Å². The van der Waals surface area contributed by atoms with Crippen molar-refractivity contribution in [2.24, 2.45) is 0 Å². The van der Waals surface area contributed by atoms with Gasteiger partial charge in [-0.2, -0.15) is 0 Å². The SMILES string of the molecule is CCC1(c2cc(C)cc(Nc3cc(C)ncc3NC)n2)CCOC1. The van der Waals surface area contributed by atoms with Gasteiger partial charge in [-0.15, -0.1) is 0 Å². The number of hydrogen-bond acceptors (Lipinski definition) is 5. The average Bonchev–Trinajstić information content (AvgIpc) is 3.05. The summed E-state index contributed by atoms with van der Waals surface area (Å²) in [6.07, 6.45) is 3.92. The van der Waals surface area contributed by atoms with Gasteiger partial charge < -0.3 is 15.4 Å². The Morgan fingerprint density at radius 2 is 2.04 bits per heavy atom. The first-order chi connectivity index (χ1) is 11.6. The zero-order valence-corrected chi connectivity index (χ0v) is 14.9. The van der Waals surface area contributed by atoms with E-state index in [1.54, 1.807) is 0 Å². The third-order valence-electron chi connectivity index (χ3n) is 4.87. The molecule has 3 rings (SSSR count). The fraction of sp³-hybridized carbons (Fsp3) is 0.474. The Bertz CT molecular complexity index is 723. The lowest BCUT2D eigenvalue weighted by molar-refractivity contribution is 0.174. The zero-order chi connectivity index (χ0) is 17.2. The van der Waals surface area contributed by atoms with Crippen molar-refractivity contribution in [1.82, 2.24) is 9.97 Å². The van der Waals surface area contributed by atoms with Gasteiger partial charge in [-0.3, -0.25) is 4.98 Å². The molecular weight excluding hydrogens is 300 g/mol. The molecule has 128 valence electrons. The quantitative estimate of drug-likeness (QED) is 0.871. The van der Waals surface area contributed by atoms with Gasteiger partial charge in [0.15, 0.2) is 0 Å². The van der Waals surface area contributed by atoms with Crippen LogP contribution in [0.2, 0.25) is 0 Å². The van der Waals surface area contributed by atoms with Crippen molar-refractivity contribution in [3.05, 3.63) is 41.3 Å². The highest BCUT2D eigenvalue weighted by Gasteiger charge is 2.36. The van der Waals surface area contributed by atoms with E-state index in [9.17, 15) is 0 Å². The molecule has 1 aliphatic heterocycles. The van der Waals surface area contributed by atoms with Crippen molar-refractivity contribution < 1.29 is 4.74 Å². The van der Waals surface area contributed by atoms with Crippen LogP contribution in [0.1, 0.15) is 36.7 Å². The van der Waals surface area contributed by atoms with E-state index in [0.29, 0.717) is 0 Å². The van der Waals surface area contributed by atoms with Crippen molar-refractivity contribution in [1.29, 1.82) is 0 Å². The summed E-state index contributed by atoms with van der Waals surface area (Å²) in [7, 11) is 1.90. The first-order valence-corrected chi connectivity index (χ1v) is 8.54. The number of anilines is 3. The van der Waals surface area contributed by atoms with Crippen LogP contribution in [0, 0.1) is 13.8 Å². The van der Waals surface area contributed by atoms with Crippen LogP contribution in [0.15, 0.2) is 24.4 Å². The second-order valence-corrected chi connectivity index (χ2v) is 6.60. The molecule has 5 nitrogen and oxygen atoms in total. The predicted octanol–water partition coefficient (Wildman–Crippen LogP) is 3.95. The number of aromatic nitrogens is 2. The molecule has 2 aromatic rings. The third kappa shape index (κ3) is 3.22. The lowest BCUT2D eigenvalue weighted by Crippen LogP contribution is -2.27. The van der Waals surface area contributed by atoms with E-state index in [-0.39, 0.29) is 5.41 Å². The van der Waals surface area contributed by atoms with Crippen molar-refractivity contribution in [3.8, 4) is 0 Å². The Labute approximate surface area is 143 Å². The Morgan fingerprint density at radius 3 is 2.71 bits per heavy atom. The molecule has 0 spiro atoms. The number of nitrogens with one attached hydrogen (secondary N) is 2. The molecule has 24 heavy (non-hydrogen) atoms. The summed E-state index contributed by atoms with van der Waals surface area (Å²) in [6.45, 7) is 7.90.